The maximum absolute atomic E-state index is 13.3. The molecule has 2 aliphatic heterocycles. The summed E-state index contributed by atoms with van der Waals surface area (Å²) in [5.74, 6) is -0.472. The number of ether oxygens (including phenoxy) is 2. The molecule has 3 saturated carbocycles. The van der Waals surface area contributed by atoms with Gasteiger partial charge in [0.1, 0.15) is 23.4 Å². The molecular weight excluding hydrogens is 448 g/mol. The van der Waals surface area contributed by atoms with Crippen LogP contribution in [0.15, 0.2) is 12.2 Å². The van der Waals surface area contributed by atoms with Gasteiger partial charge in [-0.2, -0.15) is 0 Å². The monoisotopic (exact) mass is 488 g/mol. The summed E-state index contributed by atoms with van der Waals surface area (Å²) in [6.07, 6.45) is 4.19. The van der Waals surface area contributed by atoms with E-state index >= 15 is 0 Å². The quantitative estimate of drug-likeness (QED) is 0.404. The van der Waals surface area contributed by atoms with Crippen LogP contribution >= 0.6 is 0 Å². The number of hydrogen-bond acceptors (Lipinski definition) is 7. The number of carbonyl (C=O) groups excluding carboxylic acids is 2. The summed E-state index contributed by atoms with van der Waals surface area (Å²) < 4.78 is 11.9. The second kappa shape index (κ2) is 7.18. The highest BCUT2D eigenvalue weighted by Crippen LogP contribution is 2.73. The minimum atomic E-state index is -1.36. The van der Waals surface area contributed by atoms with E-state index in [9.17, 15) is 24.9 Å². The average Bonchev–Trinajstić information content (AvgIpc) is 3.45. The van der Waals surface area contributed by atoms with E-state index in [-0.39, 0.29) is 52.9 Å². The minimum Gasteiger partial charge on any atom is -0.459 e. The molecule has 0 amide bonds. The van der Waals surface area contributed by atoms with Crippen molar-refractivity contribution in [2.24, 2.45) is 46.3 Å². The van der Waals surface area contributed by atoms with E-state index in [2.05, 4.69) is 6.92 Å². The van der Waals surface area contributed by atoms with Gasteiger partial charge in [-0.05, 0) is 87.2 Å². The molecule has 1 unspecified atom stereocenters. The van der Waals surface area contributed by atoms with Gasteiger partial charge < -0.3 is 24.8 Å². The lowest BCUT2D eigenvalue weighted by Crippen LogP contribution is -2.64. The Bertz CT molecular complexity index is 990. The van der Waals surface area contributed by atoms with Gasteiger partial charge in [0.2, 0.25) is 0 Å². The number of fused-ring (bicyclic) bond motifs is 4. The molecule has 14 atom stereocenters. The van der Waals surface area contributed by atoms with E-state index in [1.165, 1.54) is 6.08 Å². The van der Waals surface area contributed by atoms with E-state index in [4.69, 9.17) is 9.47 Å². The molecule has 0 aromatic heterocycles. The van der Waals surface area contributed by atoms with Gasteiger partial charge in [-0.3, -0.25) is 9.59 Å². The topological polar surface area (TPSA) is 117 Å². The summed E-state index contributed by atoms with van der Waals surface area (Å²) in [6, 6.07) is 0. The zero-order valence-corrected chi connectivity index (χ0v) is 21.4. The van der Waals surface area contributed by atoms with Crippen molar-refractivity contribution >= 4 is 11.8 Å². The molecule has 3 N–H and O–H groups in total. The predicted octanol–water partition coefficient (Wildman–Crippen LogP) is 2.40. The molecule has 2 heterocycles. The molecule has 6 rings (SSSR count). The first kappa shape index (κ1) is 24.1. The summed E-state index contributed by atoms with van der Waals surface area (Å²) in [7, 11) is 0. The fourth-order valence-electron chi connectivity index (χ4n) is 9.89. The molecule has 0 aromatic carbocycles. The normalized spacial score (nSPS) is 58.4. The first-order chi connectivity index (χ1) is 16.3. The maximum atomic E-state index is 13.3. The van der Waals surface area contributed by atoms with Crippen molar-refractivity contribution in [3.05, 3.63) is 12.2 Å². The van der Waals surface area contributed by atoms with E-state index < -0.39 is 40.8 Å². The van der Waals surface area contributed by atoms with Crippen LogP contribution in [0.1, 0.15) is 66.7 Å². The highest BCUT2D eigenvalue weighted by molar-refractivity contribution is 5.98. The lowest BCUT2D eigenvalue weighted by molar-refractivity contribution is -0.209. The predicted molar refractivity (Wildman–Crippen MR) is 126 cm³/mol. The summed E-state index contributed by atoms with van der Waals surface area (Å²) in [5, 5.41) is 34.2. The van der Waals surface area contributed by atoms with Gasteiger partial charge >= 0.3 is 5.97 Å². The third-order valence-corrected chi connectivity index (χ3v) is 12.0. The van der Waals surface area contributed by atoms with Crippen molar-refractivity contribution in [3.8, 4) is 0 Å². The molecule has 2 saturated heterocycles. The molecule has 194 valence electrons. The third-order valence-electron chi connectivity index (χ3n) is 12.0. The fourth-order valence-corrected chi connectivity index (χ4v) is 9.89. The Balaban J connectivity index is 1.33. The lowest BCUT2D eigenvalue weighted by Gasteiger charge is -2.59. The Morgan fingerprint density at radius 2 is 1.80 bits per heavy atom. The van der Waals surface area contributed by atoms with Crippen LogP contribution in [0.3, 0.4) is 0 Å². The molecule has 5 fully saturated rings. The number of rotatable bonds is 2. The van der Waals surface area contributed by atoms with Crippen LogP contribution in [-0.4, -0.2) is 62.7 Å². The molecule has 0 bridgehead atoms. The highest BCUT2D eigenvalue weighted by Gasteiger charge is 2.80. The molecule has 0 aromatic rings. The Hall–Kier alpha value is -1.28. The van der Waals surface area contributed by atoms with Gasteiger partial charge in [-0.15, -0.1) is 0 Å². The number of carbonyl (C=O) groups is 2. The van der Waals surface area contributed by atoms with Crippen LogP contribution in [0.5, 0.6) is 0 Å². The summed E-state index contributed by atoms with van der Waals surface area (Å²) >= 11 is 0. The van der Waals surface area contributed by atoms with E-state index in [1.807, 2.05) is 20.8 Å². The number of aliphatic hydroxyl groups is 3. The number of aliphatic hydroxyl groups excluding tert-OH is 2. The Morgan fingerprint density at radius 1 is 1.09 bits per heavy atom. The standard InChI is InChI=1S/C28H40O7/c1-13-10-21(34-24(32)14(13)2)27(5,33)23-18(29)12-17-15-11-22-28(35-22)20(31)7-6-19(30)26(28,4)16(15)8-9-25(17,23)3/h6-7,13-18,20-23,29,31,33H,8-12H2,1-5H3/t13-,14+,15+,16-,17-,18-,20?,21+,22+,23-,25-,26-,27-,28+/m0/s1. The van der Waals surface area contributed by atoms with Crippen LogP contribution in [0, 0.1) is 46.3 Å². The lowest BCUT2D eigenvalue weighted by atomic mass is 9.44. The smallest absolute Gasteiger partial charge is 0.309 e. The van der Waals surface area contributed by atoms with E-state index in [0.29, 0.717) is 12.8 Å². The Morgan fingerprint density at radius 3 is 2.49 bits per heavy atom. The first-order valence-electron chi connectivity index (χ1n) is 13.5. The van der Waals surface area contributed by atoms with Crippen LogP contribution in [0.4, 0.5) is 0 Å². The van der Waals surface area contributed by atoms with Crippen LogP contribution in [0.25, 0.3) is 0 Å². The third kappa shape index (κ3) is 2.76. The van der Waals surface area contributed by atoms with Crippen LogP contribution < -0.4 is 0 Å². The summed E-state index contributed by atoms with van der Waals surface area (Å²) in [4.78, 5) is 25.8. The molecule has 0 radical (unpaired) electrons. The van der Waals surface area contributed by atoms with Gasteiger partial charge in [-0.25, -0.2) is 0 Å². The molecule has 1 spiro atoms. The molecule has 4 aliphatic carbocycles. The number of esters is 1. The number of hydrogen-bond donors (Lipinski definition) is 3. The second-order valence-corrected chi connectivity index (χ2v) is 13.4. The van der Waals surface area contributed by atoms with E-state index in [1.54, 1.807) is 13.0 Å². The molecule has 6 aliphatic rings. The fraction of sp³-hybridized carbons (Fsp3) is 0.857. The number of ketones is 1. The Kier molecular flexibility index (Phi) is 4.94. The van der Waals surface area contributed by atoms with Crippen molar-refractivity contribution in [2.75, 3.05) is 0 Å². The SMILES string of the molecule is C[C@H]1C[C@H]([C@](C)(O)[C@H]2[C@@H](O)C[C@H]3[C@@H]4C[C@H]5O[C@]56C(O)C=CC(=O)[C@]6(C)[C@H]4CC[C@]23C)OC(=O)[C@@H]1C. The number of allylic oxidation sites excluding steroid dienone is 1. The van der Waals surface area contributed by atoms with Gasteiger partial charge in [0.05, 0.1) is 23.5 Å². The van der Waals surface area contributed by atoms with Gasteiger partial charge in [-0.1, -0.05) is 20.8 Å². The Labute approximate surface area is 207 Å². The second-order valence-electron chi connectivity index (χ2n) is 13.4. The van der Waals surface area contributed by atoms with Gasteiger partial charge in [0.15, 0.2) is 5.78 Å². The van der Waals surface area contributed by atoms with Crippen LogP contribution in [0.2, 0.25) is 0 Å². The number of cyclic esters (lactones) is 1. The molecule has 7 nitrogen and oxygen atoms in total. The number of epoxide rings is 1. The van der Waals surface area contributed by atoms with Gasteiger partial charge in [0, 0.05) is 5.92 Å². The average molecular weight is 489 g/mol. The van der Waals surface area contributed by atoms with Crippen molar-refractivity contribution in [3.63, 3.8) is 0 Å². The molecule has 7 heteroatoms. The summed E-state index contributed by atoms with van der Waals surface area (Å²) in [6.45, 7) is 9.77. The van der Waals surface area contributed by atoms with Crippen molar-refractivity contribution < 1.29 is 34.4 Å². The van der Waals surface area contributed by atoms with Crippen molar-refractivity contribution in [1.29, 1.82) is 0 Å². The van der Waals surface area contributed by atoms with Gasteiger partial charge in [0.25, 0.3) is 0 Å². The largest absolute Gasteiger partial charge is 0.459 e. The maximum Gasteiger partial charge on any atom is 0.309 e. The minimum absolute atomic E-state index is 0.0305. The van der Waals surface area contributed by atoms with E-state index in [0.717, 1.165) is 19.3 Å². The first-order valence-corrected chi connectivity index (χ1v) is 13.5. The van der Waals surface area contributed by atoms with Crippen molar-refractivity contribution in [2.45, 2.75) is 102 Å². The zero-order valence-electron chi connectivity index (χ0n) is 21.4. The molecular formula is C28H40O7. The molecule has 35 heavy (non-hydrogen) atoms. The van der Waals surface area contributed by atoms with Crippen LogP contribution in [-0.2, 0) is 19.1 Å². The highest BCUT2D eigenvalue weighted by atomic mass is 16.6. The van der Waals surface area contributed by atoms with Crippen molar-refractivity contribution in [1.82, 2.24) is 0 Å². The zero-order chi connectivity index (χ0) is 25.3. The summed E-state index contributed by atoms with van der Waals surface area (Å²) in [5.41, 5.74) is -3.33.